The predicted octanol–water partition coefficient (Wildman–Crippen LogP) is 1.33. The highest BCUT2D eigenvalue weighted by atomic mass is 16.5. The molecule has 15 heavy (non-hydrogen) atoms. The topological polar surface area (TPSA) is 61.5 Å². The summed E-state index contributed by atoms with van der Waals surface area (Å²) in [6.07, 6.45) is 1.30. The minimum absolute atomic E-state index is 0.0120. The molecule has 0 aromatic carbocycles. The lowest BCUT2D eigenvalue weighted by Gasteiger charge is -2.30. The minimum atomic E-state index is -0.592. The lowest BCUT2D eigenvalue weighted by atomic mass is 9.80. The molecule has 0 aliphatic rings. The molecule has 4 nitrogen and oxygen atoms in total. The van der Waals surface area contributed by atoms with Crippen molar-refractivity contribution in [3.05, 3.63) is 0 Å². The lowest BCUT2D eigenvalue weighted by Crippen LogP contribution is -2.42. The van der Waals surface area contributed by atoms with Crippen molar-refractivity contribution in [1.29, 1.82) is 0 Å². The third-order valence-electron chi connectivity index (χ3n) is 2.86. The third-order valence-corrected chi connectivity index (χ3v) is 2.86. The summed E-state index contributed by atoms with van der Waals surface area (Å²) in [6.45, 7) is 6.37. The van der Waals surface area contributed by atoms with E-state index in [1.165, 1.54) is 0 Å². The highest BCUT2D eigenvalue weighted by Crippen LogP contribution is 2.29. The van der Waals surface area contributed by atoms with Crippen molar-refractivity contribution in [3.8, 4) is 0 Å². The van der Waals surface area contributed by atoms with Gasteiger partial charge in [0.05, 0.1) is 18.1 Å². The molecule has 2 unspecified atom stereocenters. The summed E-state index contributed by atoms with van der Waals surface area (Å²) in [4.78, 5) is 11.8. The zero-order valence-corrected chi connectivity index (χ0v) is 10.2. The molecule has 0 radical (unpaired) electrons. The Labute approximate surface area is 92.1 Å². The number of ether oxygens (including phenoxy) is 2. The van der Waals surface area contributed by atoms with Gasteiger partial charge in [-0.1, -0.05) is 6.92 Å². The van der Waals surface area contributed by atoms with Gasteiger partial charge in [-0.15, -0.1) is 0 Å². The number of nitrogens with two attached hydrogens (primary N) is 1. The molecule has 0 aromatic heterocycles. The molecule has 0 amide bonds. The van der Waals surface area contributed by atoms with Crippen molar-refractivity contribution in [1.82, 2.24) is 0 Å². The van der Waals surface area contributed by atoms with Crippen LogP contribution in [0.1, 0.15) is 33.6 Å². The van der Waals surface area contributed by atoms with Crippen LogP contribution in [0.5, 0.6) is 0 Å². The van der Waals surface area contributed by atoms with Crippen molar-refractivity contribution >= 4 is 5.97 Å². The van der Waals surface area contributed by atoms with Crippen LogP contribution in [0.3, 0.4) is 0 Å². The lowest BCUT2D eigenvalue weighted by molar-refractivity contribution is -0.157. The van der Waals surface area contributed by atoms with E-state index in [2.05, 4.69) is 0 Å². The number of carbonyl (C=O) groups excluding carboxylic acids is 1. The maximum atomic E-state index is 11.8. The van der Waals surface area contributed by atoms with Crippen LogP contribution < -0.4 is 5.73 Å². The van der Waals surface area contributed by atoms with Gasteiger partial charge in [-0.2, -0.15) is 0 Å². The van der Waals surface area contributed by atoms with Crippen molar-refractivity contribution < 1.29 is 14.3 Å². The monoisotopic (exact) mass is 217 g/mol. The molecule has 0 saturated heterocycles. The smallest absolute Gasteiger partial charge is 0.313 e. The van der Waals surface area contributed by atoms with Crippen LogP contribution in [0, 0.1) is 5.41 Å². The van der Waals surface area contributed by atoms with Gasteiger partial charge >= 0.3 is 5.97 Å². The number of methoxy groups -OCH3 is 1. The Hall–Kier alpha value is -0.610. The number of rotatable bonds is 7. The molecular formula is C11H23NO3. The summed E-state index contributed by atoms with van der Waals surface area (Å²) in [5.41, 5.74) is 5.10. The van der Waals surface area contributed by atoms with Crippen LogP contribution in [0.25, 0.3) is 0 Å². The number of hydrogen-bond acceptors (Lipinski definition) is 4. The van der Waals surface area contributed by atoms with Gasteiger partial charge in [-0.3, -0.25) is 4.79 Å². The summed E-state index contributed by atoms with van der Waals surface area (Å²) >= 11 is 0. The molecule has 4 heteroatoms. The largest absolute Gasteiger partial charge is 0.466 e. The second kappa shape index (κ2) is 6.80. The Morgan fingerprint density at radius 1 is 1.47 bits per heavy atom. The fraction of sp³-hybridized carbons (Fsp3) is 0.909. The molecule has 0 aromatic rings. The number of carbonyl (C=O) groups is 1. The fourth-order valence-electron chi connectivity index (χ4n) is 1.60. The molecule has 2 N–H and O–H groups in total. The normalized spacial score (nSPS) is 16.9. The molecule has 0 bridgehead atoms. The number of esters is 1. The van der Waals surface area contributed by atoms with E-state index in [0.29, 0.717) is 26.0 Å². The van der Waals surface area contributed by atoms with E-state index in [-0.39, 0.29) is 12.1 Å². The Balaban J connectivity index is 4.63. The first kappa shape index (κ1) is 14.4. The van der Waals surface area contributed by atoms with Gasteiger partial charge in [-0.25, -0.2) is 0 Å². The van der Waals surface area contributed by atoms with E-state index in [1.54, 1.807) is 14.0 Å². The van der Waals surface area contributed by atoms with E-state index in [9.17, 15) is 4.79 Å². The summed E-state index contributed by atoms with van der Waals surface area (Å²) in [5.74, 6) is -0.209. The maximum Gasteiger partial charge on any atom is 0.313 e. The Bertz CT molecular complexity index is 190. The van der Waals surface area contributed by atoms with Gasteiger partial charge in [0.25, 0.3) is 0 Å². The quantitative estimate of drug-likeness (QED) is 0.653. The maximum absolute atomic E-state index is 11.8. The van der Waals surface area contributed by atoms with E-state index in [4.69, 9.17) is 15.2 Å². The molecule has 0 aliphatic carbocycles. The second-order valence-electron chi connectivity index (χ2n) is 3.81. The number of hydrogen-bond donors (Lipinski definition) is 1. The first-order valence-corrected chi connectivity index (χ1v) is 5.46. The van der Waals surface area contributed by atoms with Crippen molar-refractivity contribution in [2.75, 3.05) is 20.3 Å². The van der Waals surface area contributed by atoms with Crippen molar-refractivity contribution in [2.24, 2.45) is 11.1 Å². The summed E-state index contributed by atoms with van der Waals surface area (Å²) in [7, 11) is 1.63. The standard InChI is InChI=1S/C11H23NO3/c1-5-11(8-12,7-9(3)14-4)10(13)15-6-2/h9H,5-8,12H2,1-4H3. The Kier molecular flexibility index (Phi) is 6.52. The molecule has 0 aliphatic heterocycles. The van der Waals surface area contributed by atoms with Crippen LogP contribution in [-0.2, 0) is 14.3 Å². The molecule has 90 valence electrons. The summed E-state index contributed by atoms with van der Waals surface area (Å²) in [5, 5.41) is 0. The summed E-state index contributed by atoms with van der Waals surface area (Å²) in [6, 6.07) is 0. The molecule has 0 rings (SSSR count). The average molecular weight is 217 g/mol. The van der Waals surface area contributed by atoms with E-state index in [0.717, 1.165) is 0 Å². The van der Waals surface area contributed by atoms with Crippen LogP contribution >= 0.6 is 0 Å². The van der Waals surface area contributed by atoms with Gasteiger partial charge in [-0.05, 0) is 26.7 Å². The van der Waals surface area contributed by atoms with Gasteiger partial charge in [0.1, 0.15) is 0 Å². The van der Waals surface area contributed by atoms with Crippen molar-refractivity contribution in [2.45, 2.75) is 39.7 Å². The zero-order chi connectivity index (χ0) is 11.9. The van der Waals surface area contributed by atoms with Gasteiger partial charge < -0.3 is 15.2 Å². The van der Waals surface area contributed by atoms with Crippen LogP contribution in [0.2, 0.25) is 0 Å². The Morgan fingerprint density at radius 3 is 2.40 bits per heavy atom. The van der Waals surface area contributed by atoms with Crippen LogP contribution in [0.15, 0.2) is 0 Å². The van der Waals surface area contributed by atoms with E-state index in [1.807, 2.05) is 13.8 Å². The Morgan fingerprint density at radius 2 is 2.07 bits per heavy atom. The SMILES string of the molecule is CCOC(=O)C(CC)(CN)CC(C)OC. The van der Waals surface area contributed by atoms with E-state index >= 15 is 0 Å². The van der Waals surface area contributed by atoms with Gasteiger partial charge in [0.15, 0.2) is 0 Å². The molecule has 0 heterocycles. The highest BCUT2D eigenvalue weighted by Gasteiger charge is 2.38. The average Bonchev–Trinajstić information content (AvgIpc) is 2.26. The molecule has 2 atom stereocenters. The van der Waals surface area contributed by atoms with Crippen LogP contribution in [-0.4, -0.2) is 32.3 Å². The molecule has 0 spiro atoms. The zero-order valence-electron chi connectivity index (χ0n) is 10.2. The fourth-order valence-corrected chi connectivity index (χ4v) is 1.60. The second-order valence-corrected chi connectivity index (χ2v) is 3.81. The van der Waals surface area contributed by atoms with Crippen LogP contribution in [0.4, 0.5) is 0 Å². The minimum Gasteiger partial charge on any atom is -0.466 e. The molecule has 0 saturated carbocycles. The molecule has 0 fully saturated rings. The van der Waals surface area contributed by atoms with E-state index < -0.39 is 5.41 Å². The predicted molar refractivity (Wildman–Crippen MR) is 59.5 cm³/mol. The van der Waals surface area contributed by atoms with Crippen molar-refractivity contribution in [3.63, 3.8) is 0 Å². The van der Waals surface area contributed by atoms with Gasteiger partial charge in [0.2, 0.25) is 0 Å². The molecular weight excluding hydrogens is 194 g/mol. The van der Waals surface area contributed by atoms with Gasteiger partial charge in [0, 0.05) is 13.7 Å². The summed E-state index contributed by atoms with van der Waals surface area (Å²) < 4.78 is 10.2. The first-order chi connectivity index (χ1) is 7.06. The highest BCUT2D eigenvalue weighted by molar-refractivity contribution is 5.77. The third kappa shape index (κ3) is 3.80. The first-order valence-electron chi connectivity index (χ1n) is 5.46.